The van der Waals surface area contributed by atoms with Crippen molar-refractivity contribution in [1.29, 1.82) is 0 Å². The highest BCUT2D eigenvalue weighted by molar-refractivity contribution is 7.99. The van der Waals surface area contributed by atoms with Gasteiger partial charge in [0.25, 0.3) is 11.8 Å². The normalized spacial score (nSPS) is 30.9. The van der Waals surface area contributed by atoms with Crippen LogP contribution in [0.15, 0.2) is 53.4 Å². The molecule has 5 unspecified atom stereocenters. The van der Waals surface area contributed by atoms with Crippen LogP contribution in [0.3, 0.4) is 0 Å². The fourth-order valence-corrected chi connectivity index (χ4v) is 5.11. The standard InChI is InChI=1S/C21H19NO5S/c1-11-6-8-12(9-7-11)28-21-16(18-17(27-18)15(10-23)26-21)22-19(24)13-4-2-3-5-14(13)20(22)25/h2-9,15-18,21,23H,10H2,1H3. The summed E-state index contributed by atoms with van der Waals surface area (Å²) in [5.74, 6) is -0.638. The molecule has 3 heterocycles. The number of carbonyl (C=O) groups excluding carboxylic acids is 2. The number of nitrogens with zero attached hydrogens (tertiary/aromatic N) is 1. The average molecular weight is 397 g/mol. The van der Waals surface area contributed by atoms with Gasteiger partial charge in [-0.3, -0.25) is 14.5 Å². The quantitative estimate of drug-likeness (QED) is 0.630. The lowest BCUT2D eigenvalue weighted by atomic mass is 10.0. The number of epoxide rings is 1. The van der Waals surface area contributed by atoms with Crippen LogP contribution >= 0.6 is 11.8 Å². The topological polar surface area (TPSA) is 79.4 Å². The molecule has 3 aliphatic rings. The van der Waals surface area contributed by atoms with Gasteiger partial charge in [0.2, 0.25) is 0 Å². The molecule has 0 saturated carbocycles. The zero-order chi connectivity index (χ0) is 19.4. The fraction of sp³-hybridized carbons (Fsp3) is 0.333. The van der Waals surface area contributed by atoms with Crippen molar-refractivity contribution in [1.82, 2.24) is 4.90 Å². The van der Waals surface area contributed by atoms with Crippen molar-refractivity contribution in [2.45, 2.75) is 41.6 Å². The number of hydrogen-bond donors (Lipinski definition) is 1. The molecular formula is C21H19NO5S. The van der Waals surface area contributed by atoms with E-state index in [1.165, 1.54) is 16.7 Å². The smallest absolute Gasteiger partial charge is 0.262 e. The molecule has 2 aromatic rings. The van der Waals surface area contributed by atoms with Crippen molar-refractivity contribution in [3.8, 4) is 0 Å². The Bertz CT molecular complexity index is 911. The number of rotatable bonds is 4. The second-order valence-corrected chi connectivity index (χ2v) is 8.41. The molecule has 2 amide bonds. The van der Waals surface area contributed by atoms with Crippen LogP contribution in [0.4, 0.5) is 0 Å². The molecule has 3 aliphatic heterocycles. The third-order valence-corrected chi connectivity index (χ3v) is 6.60. The fourth-order valence-electron chi connectivity index (χ4n) is 3.94. The Hall–Kier alpha value is -2.19. The number of benzene rings is 2. The third kappa shape index (κ3) is 2.78. The van der Waals surface area contributed by atoms with E-state index in [0.717, 1.165) is 10.5 Å². The van der Waals surface area contributed by atoms with E-state index >= 15 is 0 Å². The van der Waals surface area contributed by atoms with E-state index in [4.69, 9.17) is 9.47 Å². The van der Waals surface area contributed by atoms with Crippen LogP contribution in [-0.4, -0.2) is 58.2 Å². The highest BCUT2D eigenvalue weighted by atomic mass is 32.2. The van der Waals surface area contributed by atoms with E-state index in [9.17, 15) is 14.7 Å². The summed E-state index contributed by atoms with van der Waals surface area (Å²) in [7, 11) is 0. The molecule has 0 bridgehead atoms. The third-order valence-electron chi connectivity index (χ3n) is 5.43. The summed E-state index contributed by atoms with van der Waals surface area (Å²) in [5.41, 5.74) is 1.44. The Morgan fingerprint density at radius 3 is 2.21 bits per heavy atom. The SMILES string of the molecule is Cc1ccc(SC2OC(CO)C3OC3C2N2C(=O)c3ccccc3C2=O)cc1. The second kappa shape index (κ2) is 6.70. The van der Waals surface area contributed by atoms with E-state index in [2.05, 4.69) is 0 Å². The lowest BCUT2D eigenvalue weighted by Crippen LogP contribution is -2.55. The van der Waals surface area contributed by atoms with Crippen LogP contribution in [0, 0.1) is 6.92 Å². The molecule has 0 aliphatic carbocycles. The second-order valence-electron chi connectivity index (χ2n) is 7.24. The molecule has 0 aromatic heterocycles. The van der Waals surface area contributed by atoms with Gasteiger partial charge in [0.15, 0.2) is 0 Å². The first kappa shape index (κ1) is 17.9. The summed E-state index contributed by atoms with van der Waals surface area (Å²) < 4.78 is 11.8. The molecule has 6 nitrogen and oxygen atoms in total. The summed E-state index contributed by atoms with van der Waals surface area (Å²) >= 11 is 1.44. The van der Waals surface area contributed by atoms with Crippen molar-refractivity contribution in [3.05, 3.63) is 65.2 Å². The Morgan fingerprint density at radius 1 is 0.964 bits per heavy atom. The number of fused-ring (bicyclic) bond motifs is 2. The van der Waals surface area contributed by atoms with E-state index < -0.39 is 17.6 Å². The van der Waals surface area contributed by atoms with E-state index in [1.54, 1.807) is 24.3 Å². The van der Waals surface area contributed by atoms with Crippen LogP contribution < -0.4 is 0 Å². The van der Waals surface area contributed by atoms with Crippen molar-refractivity contribution in [3.63, 3.8) is 0 Å². The van der Waals surface area contributed by atoms with Crippen molar-refractivity contribution >= 4 is 23.6 Å². The molecule has 5 rings (SSSR count). The summed E-state index contributed by atoms with van der Waals surface area (Å²) in [6.07, 6.45) is -1.08. The van der Waals surface area contributed by atoms with Crippen LogP contribution in [-0.2, 0) is 9.47 Å². The number of carbonyl (C=O) groups is 2. The average Bonchev–Trinajstić information content (AvgIpc) is 3.47. The van der Waals surface area contributed by atoms with Gasteiger partial charge in [0, 0.05) is 4.90 Å². The number of aryl methyl sites for hydroxylation is 1. The summed E-state index contributed by atoms with van der Waals surface area (Å²) in [6, 6.07) is 14.3. The lowest BCUT2D eigenvalue weighted by Gasteiger charge is -2.36. The predicted octanol–water partition coefficient (Wildman–Crippen LogP) is 2.24. The maximum atomic E-state index is 13.0. The summed E-state index contributed by atoms with van der Waals surface area (Å²) in [6.45, 7) is 1.85. The van der Waals surface area contributed by atoms with E-state index in [0.29, 0.717) is 11.1 Å². The first-order chi connectivity index (χ1) is 13.6. The van der Waals surface area contributed by atoms with Gasteiger partial charge >= 0.3 is 0 Å². The lowest BCUT2D eigenvalue weighted by molar-refractivity contribution is -0.0493. The Morgan fingerprint density at radius 2 is 1.61 bits per heavy atom. The van der Waals surface area contributed by atoms with Crippen LogP contribution in [0.2, 0.25) is 0 Å². The van der Waals surface area contributed by atoms with Gasteiger partial charge in [-0.2, -0.15) is 0 Å². The summed E-state index contributed by atoms with van der Waals surface area (Å²) in [4.78, 5) is 28.3. The molecule has 0 radical (unpaired) electrons. The van der Waals surface area contributed by atoms with Gasteiger partial charge in [0.05, 0.1) is 17.7 Å². The largest absolute Gasteiger partial charge is 0.394 e. The molecule has 1 N–H and O–H groups in total. The number of aliphatic hydroxyl groups excluding tert-OH is 1. The maximum Gasteiger partial charge on any atom is 0.262 e. The minimum absolute atomic E-state index is 0.166. The number of thioether (sulfide) groups is 1. The molecular weight excluding hydrogens is 378 g/mol. The van der Waals surface area contributed by atoms with Crippen LogP contribution in [0.25, 0.3) is 0 Å². The van der Waals surface area contributed by atoms with Crippen molar-refractivity contribution in [2.24, 2.45) is 0 Å². The minimum Gasteiger partial charge on any atom is -0.394 e. The molecule has 2 saturated heterocycles. The monoisotopic (exact) mass is 397 g/mol. The Balaban J connectivity index is 1.48. The number of aliphatic hydroxyl groups is 1. The Labute approximate surface area is 166 Å². The van der Waals surface area contributed by atoms with Crippen molar-refractivity contribution < 1.29 is 24.2 Å². The van der Waals surface area contributed by atoms with E-state index in [-0.39, 0.29) is 30.6 Å². The van der Waals surface area contributed by atoms with Gasteiger partial charge in [-0.15, -0.1) is 0 Å². The van der Waals surface area contributed by atoms with Gasteiger partial charge < -0.3 is 14.6 Å². The van der Waals surface area contributed by atoms with Crippen LogP contribution in [0.5, 0.6) is 0 Å². The minimum atomic E-state index is -0.550. The molecule has 2 fully saturated rings. The molecule has 5 atom stereocenters. The summed E-state index contributed by atoms with van der Waals surface area (Å²) in [5, 5.41) is 9.64. The molecule has 28 heavy (non-hydrogen) atoms. The molecule has 144 valence electrons. The molecule has 0 spiro atoms. The van der Waals surface area contributed by atoms with Crippen LogP contribution in [0.1, 0.15) is 26.3 Å². The molecule has 7 heteroatoms. The number of amides is 2. The van der Waals surface area contributed by atoms with Gasteiger partial charge in [-0.25, -0.2) is 0 Å². The zero-order valence-electron chi connectivity index (χ0n) is 15.1. The predicted molar refractivity (Wildman–Crippen MR) is 102 cm³/mol. The highest BCUT2D eigenvalue weighted by Crippen LogP contribution is 2.46. The first-order valence-electron chi connectivity index (χ1n) is 9.20. The van der Waals surface area contributed by atoms with Gasteiger partial charge in [-0.1, -0.05) is 41.6 Å². The maximum absolute atomic E-state index is 13.0. The number of ether oxygens (including phenoxy) is 2. The van der Waals surface area contributed by atoms with Gasteiger partial charge in [-0.05, 0) is 31.2 Å². The molecule has 2 aromatic carbocycles. The Kier molecular flexibility index (Phi) is 4.28. The van der Waals surface area contributed by atoms with Crippen molar-refractivity contribution in [2.75, 3.05) is 6.61 Å². The van der Waals surface area contributed by atoms with E-state index in [1.807, 2.05) is 31.2 Å². The van der Waals surface area contributed by atoms with Gasteiger partial charge in [0.1, 0.15) is 29.8 Å². The zero-order valence-corrected chi connectivity index (χ0v) is 16.0. The first-order valence-corrected chi connectivity index (χ1v) is 10.1. The number of imide groups is 1. The highest BCUT2D eigenvalue weighted by Gasteiger charge is 2.62. The number of hydrogen-bond acceptors (Lipinski definition) is 6.